The number of Topliss-reactive ketones (excluding diaryl/α,β-unsaturated/α-hetero) is 1. The highest BCUT2D eigenvalue weighted by atomic mass is 16.5. The SMILES string of the molecule is COc1ccc(C(=O)COC(=O)c2cnn(-c3ccccc3)n2)cc1OC. The van der Waals surface area contributed by atoms with Crippen LogP contribution in [0.5, 0.6) is 11.5 Å². The highest BCUT2D eigenvalue weighted by Gasteiger charge is 2.17. The van der Waals surface area contributed by atoms with E-state index >= 15 is 0 Å². The van der Waals surface area contributed by atoms with E-state index in [0.29, 0.717) is 22.7 Å². The zero-order valence-electron chi connectivity index (χ0n) is 14.8. The van der Waals surface area contributed by atoms with Gasteiger partial charge in [0.1, 0.15) is 0 Å². The lowest BCUT2D eigenvalue weighted by molar-refractivity contribution is 0.0468. The monoisotopic (exact) mass is 367 g/mol. The van der Waals surface area contributed by atoms with E-state index in [1.807, 2.05) is 18.2 Å². The van der Waals surface area contributed by atoms with Gasteiger partial charge in [0, 0.05) is 5.56 Å². The van der Waals surface area contributed by atoms with Crippen molar-refractivity contribution in [2.45, 2.75) is 0 Å². The molecule has 2 aromatic carbocycles. The second-order valence-electron chi connectivity index (χ2n) is 5.42. The van der Waals surface area contributed by atoms with Crippen LogP contribution in [0, 0.1) is 0 Å². The Hall–Kier alpha value is -3.68. The van der Waals surface area contributed by atoms with Crippen molar-refractivity contribution in [2.75, 3.05) is 20.8 Å². The van der Waals surface area contributed by atoms with Gasteiger partial charge in [-0.25, -0.2) is 4.79 Å². The van der Waals surface area contributed by atoms with E-state index < -0.39 is 12.6 Å². The lowest BCUT2D eigenvalue weighted by atomic mass is 10.1. The molecule has 0 N–H and O–H groups in total. The minimum atomic E-state index is -0.731. The largest absolute Gasteiger partial charge is 0.493 e. The third-order valence-electron chi connectivity index (χ3n) is 3.73. The zero-order chi connectivity index (χ0) is 19.2. The molecule has 27 heavy (non-hydrogen) atoms. The highest BCUT2D eigenvalue weighted by Crippen LogP contribution is 2.27. The number of methoxy groups -OCH3 is 2. The number of hydrogen-bond acceptors (Lipinski definition) is 7. The Bertz CT molecular complexity index is 953. The van der Waals surface area contributed by atoms with E-state index in [0.717, 1.165) is 0 Å². The Morgan fingerprint density at radius 3 is 2.44 bits per heavy atom. The minimum Gasteiger partial charge on any atom is -0.493 e. The molecule has 1 aromatic heterocycles. The van der Waals surface area contributed by atoms with Gasteiger partial charge in [0.15, 0.2) is 29.6 Å². The smallest absolute Gasteiger partial charge is 0.361 e. The Kier molecular flexibility index (Phi) is 5.46. The van der Waals surface area contributed by atoms with Crippen molar-refractivity contribution >= 4 is 11.8 Å². The van der Waals surface area contributed by atoms with E-state index in [4.69, 9.17) is 14.2 Å². The predicted octanol–water partition coefficient (Wildman–Crippen LogP) is 2.32. The van der Waals surface area contributed by atoms with Gasteiger partial charge in [0.2, 0.25) is 0 Å². The number of rotatable bonds is 7. The Labute approximate surface area is 155 Å². The quantitative estimate of drug-likeness (QED) is 0.467. The molecule has 0 spiro atoms. The van der Waals surface area contributed by atoms with Crippen molar-refractivity contribution in [3.63, 3.8) is 0 Å². The number of para-hydroxylation sites is 1. The molecule has 0 saturated carbocycles. The van der Waals surface area contributed by atoms with Crippen LogP contribution < -0.4 is 9.47 Å². The van der Waals surface area contributed by atoms with Gasteiger partial charge in [0.05, 0.1) is 26.1 Å². The van der Waals surface area contributed by atoms with Crippen LogP contribution >= 0.6 is 0 Å². The number of hydrogen-bond donors (Lipinski definition) is 0. The molecule has 3 rings (SSSR count). The van der Waals surface area contributed by atoms with E-state index in [2.05, 4.69) is 10.2 Å². The van der Waals surface area contributed by atoms with Crippen LogP contribution in [0.3, 0.4) is 0 Å². The maximum Gasteiger partial charge on any atom is 0.361 e. The van der Waals surface area contributed by atoms with Gasteiger partial charge in [-0.1, -0.05) is 18.2 Å². The molecule has 8 heteroatoms. The molecule has 0 amide bonds. The number of carbonyl (C=O) groups is 2. The average Bonchev–Trinajstić information content (AvgIpc) is 3.22. The first-order chi connectivity index (χ1) is 13.1. The molecular formula is C19H17N3O5. The molecule has 0 aliphatic heterocycles. The Morgan fingerprint density at radius 1 is 1.00 bits per heavy atom. The van der Waals surface area contributed by atoms with E-state index in [1.165, 1.54) is 31.3 Å². The summed E-state index contributed by atoms with van der Waals surface area (Å²) >= 11 is 0. The summed E-state index contributed by atoms with van der Waals surface area (Å²) in [4.78, 5) is 25.7. The van der Waals surface area contributed by atoms with Crippen LogP contribution in [0.2, 0.25) is 0 Å². The molecule has 0 atom stereocenters. The Morgan fingerprint density at radius 2 is 1.74 bits per heavy atom. The molecule has 8 nitrogen and oxygen atoms in total. The van der Waals surface area contributed by atoms with Gasteiger partial charge in [0.25, 0.3) is 0 Å². The van der Waals surface area contributed by atoms with Gasteiger partial charge in [-0.15, -0.1) is 5.10 Å². The molecule has 0 fully saturated rings. The van der Waals surface area contributed by atoms with Gasteiger partial charge in [-0.3, -0.25) is 4.79 Å². The summed E-state index contributed by atoms with van der Waals surface area (Å²) in [6.07, 6.45) is 1.29. The van der Waals surface area contributed by atoms with Gasteiger partial charge in [-0.2, -0.15) is 9.90 Å². The van der Waals surface area contributed by atoms with Gasteiger partial charge < -0.3 is 14.2 Å². The third kappa shape index (κ3) is 4.12. The van der Waals surface area contributed by atoms with Gasteiger partial charge in [-0.05, 0) is 30.3 Å². The Balaban J connectivity index is 1.64. The molecule has 0 bridgehead atoms. The number of carbonyl (C=O) groups excluding carboxylic acids is 2. The average molecular weight is 367 g/mol. The van der Waals surface area contributed by atoms with Crippen molar-refractivity contribution in [3.05, 3.63) is 66.0 Å². The van der Waals surface area contributed by atoms with E-state index in [1.54, 1.807) is 24.3 Å². The van der Waals surface area contributed by atoms with E-state index in [-0.39, 0.29) is 11.5 Å². The minimum absolute atomic E-state index is 0.0129. The molecule has 1 heterocycles. The fraction of sp³-hybridized carbons (Fsp3) is 0.158. The topological polar surface area (TPSA) is 92.5 Å². The molecule has 0 unspecified atom stereocenters. The van der Waals surface area contributed by atoms with Crippen molar-refractivity contribution in [1.29, 1.82) is 0 Å². The predicted molar refractivity (Wildman–Crippen MR) is 95.5 cm³/mol. The summed E-state index contributed by atoms with van der Waals surface area (Å²) in [5, 5.41) is 8.09. The number of nitrogens with zero attached hydrogens (tertiary/aromatic N) is 3. The summed E-state index contributed by atoms with van der Waals surface area (Å²) in [5.41, 5.74) is 1.06. The summed E-state index contributed by atoms with van der Waals surface area (Å²) in [7, 11) is 2.98. The molecular weight excluding hydrogens is 350 g/mol. The lowest BCUT2D eigenvalue weighted by Gasteiger charge is -2.09. The van der Waals surface area contributed by atoms with E-state index in [9.17, 15) is 9.59 Å². The second kappa shape index (κ2) is 8.13. The summed E-state index contributed by atoms with van der Waals surface area (Å²) < 4.78 is 15.3. The van der Waals surface area contributed by atoms with Crippen molar-refractivity contribution in [2.24, 2.45) is 0 Å². The molecule has 138 valence electrons. The first kappa shape index (κ1) is 18.1. The van der Waals surface area contributed by atoms with Crippen molar-refractivity contribution < 1.29 is 23.8 Å². The number of ketones is 1. The van der Waals surface area contributed by atoms with Crippen LogP contribution in [-0.2, 0) is 4.74 Å². The molecule has 0 aliphatic carbocycles. The number of aromatic nitrogens is 3. The van der Waals surface area contributed by atoms with Crippen LogP contribution in [-0.4, -0.2) is 47.6 Å². The number of esters is 1. The molecule has 0 saturated heterocycles. The van der Waals surface area contributed by atoms with Gasteiger partial charge >= 0.3 is 5.97 Å². The fourth-order valence-electron chi connectivity index (χ4n) is 2.34. The number of benzene rings is 2. The summed E-state index contributed by atoms with van der Waals surface area (Å²) in [6.45, 7) is -0.424. The van der Waals surface area contributed by atoms with Crippen LogP contribution in [0.4, 0.5) is 0 Å². The number of ether oxygens (including phenoxy) is 3. The van der Waals surface area contributed by atoms with Crippen molar-refractivity contribution in [1.82, 2.24) is 15.0 Å². The van der Waals surface area contributed by atoms with Crippen LogP contribution in [0.15, 0.2) is 54.7 Å². The second-order valence-corrected chi connectivity index (χ2v) is 5.42. The first-order valence-electron chi connectivity index (χ1n) is 8.02. The molecule has 0 aliphatic rings. The maximum absolute atomic E-state index is 12.3. The third-order valence-corrected chi connectivity index (χ3v) is 3.73. The normalized spacial score (nSPS) is 10.3. The maximum atomic E-state index is 12.3. The summed E-state index contributed by atoms with van der Waals surface area (Å²) in [6, 6.07) is 13.8. The standard InChI is InChI=1S/C19H17N3O5/c1-25-17-9-8-13(10-18(17)26-2)16(23)12-27-19(24)15-11-20-22(21-15)14-6-4-3-5-7-14/h3-11H,12H2,1-2H3. The van der Waals surface area contributed by atoms with Crippen LogP contribution in [0.25, 0.3) is 5.69 Å². The fourth-order valence-corrected chi connectivity index (χ4v) is 2.34. The molecule has 0 radical (unpaired) electrons. The summed E-state index contributed by atoms with van der Waals surface area (Å²) in [5.74, 6) is -0.185. The van der Waals surface area contributed by atoms with Crippen molar-refractivity contribution in [3.8, 4) is 17.2 Å². The highest BCUT2D eigenvalue weighted by molar-refractivity contribution is 5.99. The van der Waals surface area contributed by atoms with Crippen LogP contribution in [0.1, 0.15) is 20.8 Å². The molecule has 3 aromatic rings. The lowest BCUT2D eigenvalue weighted by Crippen LogP contribution is -2.15. The zero-order valence-corrected chi connectivity index (χ0v) is 14.8. The first-order valence-corrected chi connectivity index (χ1v) is 8.02.